The molecule has 2 aliphatic rings. The van der Waals surface area contributed by atoms with Gasteiger partial charge in [-0.05, 0) is 18.8 Å². The number of aliphatic hydroxyl groups is 3. The second-order valence-electron chi connectivity index (χ2n) is 8.79. The molecule has 13 nitrogen and oxygen atoms in total. The van der Waals surface area contributed by atoms with Crippen molar-refractivity contribution in [2.75, 3.05) is 19.8 Å². The van der Waals surface area contributed by atoms with E-state index in [0.29, 0.717) is 12.8 Å². The number of likely N-dealkylation sites (tertiary alicyclic amines) is 1. The molecule has 192 valence electrons. The largest absolute Gasteiger partial charge is 0.480 e. The molecule has 7 N–H and O–H groups in total. The number of aliphatic carboxylic acids is 1. The van der Waals surface area contributed by atoms with Crippen molar-refractivity contribution in [3.63, 3.8) is 0 Å². The van der Waals surface area contributed by atoms with Gasteiger partial charge in [-0.3, -0.25) is 19.2 Å². The number of aliphatic hydroxyl groups excluding tert-OH is 3. The zero-order valence-electron chi connectivity index (χ0n) is 19.1. The molecule has 1 aliphatic carbocycles. The number of nitrogens with one attached hydrogen (secondary N) is 3. The van der Waals surface area contributed by atoms with Crippen LogP contribution >= 0.6 is 0 Å². The van der Waals surface area contributed by atoms with Crippen molar-refractivity contribution in [3.05, 3.63) is 0 Å². The van der Waals surface area contributed by atoms with Gasteiger partial charge in [-0.15, -0.1) is 0 Å². The van der Waals surface area contributed by atoms with E-state index in [4.69, 9.17) is 0 Å². The number of hydrogen-bond donors (Lipinski definition) is 7. The number of rotatable bonds is 10. The van der Waals surface area contributed by atoms with E-state index in [1.807, 2.05) is 0 Å². The lowest BCUT2D eigenvalue weighted by Crippen LogP contribution is -2.59. The van der Waals surface area contributed by atoms with Gasteiger partial charge in [0, 0.05) is 19.9 Å². The molecule has 0 aromatic carbocycles. The molecule has 13 heteroatoms. The van der Waals surface area contributed by atoms with E-state index in [1.165, 1.54) is 6.92 Å². The Morgan fingerprint density at radius 3 is 2.00 bits per heavy atom. The Morgan fingerprint density at radius 2 is 1.47 bits per heavy atom. The summed E-state index contributed by atoms with van der Waals surface area (Å²) in [5, 5.41) is 45.3. The molecule has 1 aliphatic heterocycles. The lowest BCUT2D eigenvalue weighted by atomic mass is 9.84. The maximum atomic E-state index is 12.6. The summed E-state index contributed by atoms with van der Waals surface area (Å²) in [6, 6.07) is -5.21. The third kappa shape index (κ3) is 7.11. The maximum Gasteiger partial charge on any atom is 0.326 e. The highest BCUT2D eigenvalue weighted by Crippen LogP contribution is 2.26. The second-order valence-corrected chi connectivity index (χ2v) is 8.79. The highest BCUT2D eigenvalue weighted by atomic mass is 16.4. The van der Waals surface area contributed by atoms with Gasteiger partial charge in [0.25, 0.3) is 0 Å². The van der Waals surface area contributed by atoms with Crippen molar-refractivity contribution in [2.24, 2.45) is 5.92 Å². The first kappa shape index (κ1) is 27.5. The van der Waals surface area contributed by atoms with Crippen molar-refractivity contribution >= 4 is 29.6 Å². The zero-order valence-corrected chi connectivity index (χ0v) is 19.1. The number of carboxylic acid groups (broad SMARTS) is 1. The van der Waals surface area contributed by atoms with Crippen LogP contribution in [0.4, 0.5) is 0 Å². The third-order valence-electron chi connectivity index (χ3n) is 6.30. The molecular formula is C21H34N4O9. The number of β-amino-alcohol motifs (C(OH)–C–C–N with tert-alkyl or cyclic N) is 1. The van der Waals surface area contributed by atoms with Crippen LogP contribution in [0.5, 0.6) is 0 Å². The highest BCUT2D eigenvalue weighted by Gasteiger charge is 2.39. The van der Waals surface area contributed by atoms with Gasteiger partial charge < -0.3 is 41.3 Å². The van der Waals surface area contributed by atoms with Crippen LogP contribution in [0.1, 0.15) is 45.4 Å². The molecule has 1 saturated carbocycles. The Bertz CT molecular complexity index is 771. The van der Waals surface area contributed by atoms with Gasteiger partial charge in [-0.1, -0.05) is 19.3 Å². The maximum absolute atomic E-state index is 12.6. The van der Waals surface area contributed by atoms with Crippen LogP contribution in [-0.4, -0.2) is 105 Å². The minimum atomic E-state index is -1.51. The van der Waals surface area contributed by atoms with Crippen LogP contribution in [0.25, 0.3) is 0 Å². The fourth-order valence-electron chi connectivity index (χ4n) is 4.44. The predicted octanol–water partition coefficient (Wildman–Crippen LogP) is -2.93. The van der Waals surface area contributed by atoms with Crippen molar-refractivity contribution in [2.45, 2.75) is 75.7 Å². The number of amides is 4. The number of nitrogens with zero attached hydrogens (tertiary/aromatic N) is 1. The lowest BCUT2D eigenvalue weighted by Gasteiger charge is -2.29. The monoisotopic (exact) mass is 486 g/mol. The summed E-state index contributed by atoms with van der Waals surface area (Å²) in [7, 11) is 0. The molecule has 0 unspecified atom stereocenters. The van der Waals surface area contributed by atoms with Crippen LogP contribution in [0, 0.1) is 5.92 Å². The third-order valence-corrected chi connectivity index (χ3v) is 6.30. The van der Waals surface area contributed by atoms with Crippen LogP contribution < -0.4 is 16.0 Å². The Hall–Kier alpha value is -2.77. The fourth-order valence-corrected chi connectivity index (χ4v) is 4.44. The molecule has 2 fully saturated rings. The Balaban J connectivity index is 1.99. The summed E-state index contributed by atoms with van der Waals surface area (Å²) in [5.41, 5.74) is 0. The van der Waals surface area contributed by atoms with Gasteiger partial charge >= 0.3 is 5.97 Å². The first-order valence-corrected chi connectivity index (χ1v) is 11.4. The zero-order chi connectivity index (χ0) is 25.4. The molecule has 0 aromatic rings. The molecule has 0 radical (unpaired) electrons. The lowest BCUT2D eigenvalue weighted by molar-refractivity contribution is -0.144. The van der Waals surface area contributed by atoms with Gasteiger partial charge in [-0.25, -0.2) is 4.79 Å². The van der Waals surface area contributed by atoms with Crippen LogP contribution in [0.2, 0.25) is 0 Å². The number of carbonyl (C=O) groups excluding carboxylic acids is 4. The van der Waals surface area contributed by atoms with E-state index in [1.54, 1.807) is 0 Å². The van der Waals surface area contributed by atoms with E-state index in [2.05, 4.69) is 16.0 Å². The molecular weight excluding hydrogens is 452 g/mol. The van der Waals surface area contributed by atoms with Crippen molar-refractivity contribution in [1.29, 1.82) is 0 Å². The number of hydrogen-bond acceptors (Lipinski definition) is 8. The predicted molar refractivity (Wildman–Crippen MR) is 116 cm³/mol. The van der Waals surface area contributed by atoms with Crippen LogP contribution in [0.3, 0.4) is 0 Å². The fraction of sp³-hybridized carbons (Fsp3) is 0.762. The van der Waals surface area contributed by atoms with Crippen LogP contribution in [0.15, 0.2) is 0 Å². The summed E-state index contributed by atoms with van der Waals surface area (Å²) >= 11 is 0. The van der Waals surface area contributed by atoms with E-state index in [-0.39, 0.29) is 18.9 Å². The normalized spacial score (nSPS) is 23.5. The molecule has 0 spiro atoms. The van der Waals surface area contributed by atoms with Crippen molar-refractivity contribution < 1.29 is 44.4 Å². The standard InChI is InChI=1S/C21H34N4O9/c1-11(28)25-8-13(29)7-16(25)20(32)23-14(9-26)18(30)22-15(10-27)19(31)24-17(21(33)34)12-5-3-2-4-6-12/h12-17,26-27,29H,2-10H2,1H3,(H,22,30)(H,23,32)(H,24,31)(H,33,34)/t13-,14+,15+,16+,17+/m1/s1. The molecule has 5 atom stereocenters. The average Bonchev–Trinajstić information content (AvgIpc) is 3.21. The van der Waals surface area contributed by atoms with E-state index >= 15 is 0 Å². The molecule has 2 rings (SSSR count). The highest BCUT2D eigenvalue weighted by molar-refractivity contribution is 5.95. The minimum Gasteiger partial charge on any atom is -0.480 e. The summed E-state index contributed by atoms with van der Waals surface area (Å²) in [6.45, 7) is -0.487. The van der Waals surface area contributed by atoms with Crippen molar-refractivity contribution in [3.8, 4) is 0 Å². The number of carbonyl (C=O) groups is 5. The topological polar surface area (TPSA) is 206 Å². The second kappa shape index (κ2) is 12.6. The summed E-state index contributed by atoms with van der Waals surface area (Å²) in [5.74, 6) is -4.57. The Labute approximate surface area is 196 Å². The molecule has 0 aromatic heterocycles. The molecule has 1 heterocycles. The van der Waals surface area contributed by atoms with Gasteiger partial charge in [0.15, 0.2) is 0 Å². The first-order chi connectivity index (χ1) is 16.1. The average molecular weight is 487 g/mol. The van der Waals surface area contributed by atoms with Gasteiger partial charge in [0.05, 0.1) is 19.3 Å². The molecule has 0 bridgehead atoms. The number of carboxylic acids is 1. The summed E-state index contributed by atoms with van der Waals surface area (Å²) in [6.07, 6.45) is 3.02. The molecule has 4 amide bonds. The molecule has 34 heavy (non-hydrogen) atoms. The van der Waals surface area contributed by atoms with Gasteiger partial charge in [-0.2, -0.15) is 0 Å². The Kier molecular flexibility index (Phi) is 10.2. The smallest absolute Gasteiger partial charge is 0.326 e. The first-order valence-electron chi connectivity index (χ1n) is 11.4. The summed E-state index contributed by atoms with van der Waals surface area (Å²) < 4.78 is 0. The van der Waals surface area contributed by atoms with Crippen molar-refractivity contribution in [1.82, 2.24) is 20.9 Å². The van der Waals surface area contributed by atoms with Gasteiger partial charge in [0.2, 0.25) is 23.6 Å². The summed E-state index contributed by atoms with van der Waals surface area (Å²) in [4.78, 5) is 62.3. The van der Waals surface area contributed by atoms with E-state index in [0.717, 1.165) is 24.2 Å². The minimum absolute atomic E-state index is 0.0371. The van der Waals surface area contributed by atoms with E-state index in [9.17, 15) is 44.4 Å². The Morgan fingerprint density at radius 1 is 0.912 bits per heavy atom. The quantitative estimate of drug-likeness (QED) is 0.168. The van der Waals surface area contributed by atoms with E-state index < -0.39 is 73.1 Å². The van der Waals surface area contributed by atoms with Gasteiger partial charge in [0.1, 0.15) is 24.2 Å². The van der Waals surface area contributed by atoms with Crippen LogP contribution in [-0.2, 0) is 24.0 Å². The SMILES string of the molecule is CC(=O)N1C[C@H](O)C[C@H]1C(=O)N[C@@H](CO)C(=O)N[C@@H](CO)C(=O)N[C@H](C(=O)O)C1CCCCC1. The molecule has 1 saturated heterocycles.